The Labute approximate surface area is 129 Å². The molecule has 0 radical (unpaired) electrons. The number of nitrogens with two attached hydrogens (primary N) is 1. The molecule has 3 N–H and O–H groups in total. The third-order valence-corrected chi connectivity index (χ3v) is 5.40. The molecule has 0 unspecified atom stereocenters. The third-order valence-electron chi connectivity index (χ3n) is 5.40. The molecule has 1 aromatic heterocycles. The second-order valence-electron chi connectivity index (χ2n) is 7.10. The highest BCUT2D eigenvalue weighted by Crippen LogP contribution is 2.65. The van der Waals surface area contributed by atoms with E-state index in [1.807, 2.05) is 0 Å². The van der Waals surface area contributed by atoms with Crippen LogP contribution in [0.15, 0.2) is 6.20 Å². The first kappa shape index (κ1) is 13.9. The van der Waals surface area contributed by atoms with Crippen LogP contribution in [0.1, 0.15) is 48.2 Å². The van der Waals surface area contributed by atoms with Crippen molar-refractivity contribution in [2.24, 2.45) is 17.1 Å². The molecule has 1 aliphatic heterocycles. The Morgan fingerprint density at radius 3 is 2.68 bits per heavy atom. The first-order chi connectivity index (χ1) is 10.6. The molecule has 6 nitrogen and oxygen atoms in total. The molecule has 1 amide bonds. The fourth-order valence-corrected chi connectivity index (χ4v) is 4.08. The van der Waals surface area contributed by atoms with Crippen molar-refractivity contribution < 1.29 is 9.53 Å². The molecule has 0 aromatic carbocycles. The number of nitrogens with one attached hydrogen (secondary N) is 1. The molecule has 22 heavy (non-hydrogen) atoms. The average molecular weight is 302 g/mol. The lowest BCUT2D eigenvalue weighted by Gasteiger charge is -2.62. The van der Waals surface area contributed by atoms with Gasteiger partial charge < -0.3 is 15.8 Å². The number of carbonyl (C=O) groups excluding carboxylic acids is 1. The van der Waals surface area contributed by atoms with Crippen molar-refractivity contribution in [3.05, 3.63) is 17.5 Å². The van der Waals surface area contributed by atoms with Gasteiger partial charge in [-0.3, -0.25) is 4.79 Å². The van der Waals surface area contributed by atoms with Gasteiger partial charge in [0.25, 0.3) is 5.91 Å². The molecule has 3 aliphatic carbocycles. The SMILES string of the molecule is NC(=O)c1cnc(NC2CCOCC2)nc1CC12CC(C1)C2. The van der Waals surface area contributed by atoms with E-state index in [1.165, 1.54) is 19.3 Å². The second kappa shape index (κ2) is 5.19. The van der Waals surface area contributed by atoms with Crippen molar-refractivity contribution in [1.82, 2.24) is 9.97 Å². The Bertz CT molecular complexity index is 581. The van der Waals surface area contributed by atoms with Crippen LogP contribution in [0.4, 0.5) is 5.95 Å². The van der Waals surface area contributed by atoms with Gasteiger partial charge in [0.2, 0.25) is 5.95 Å². The molecule has 0 atom stereocenters. The van der Waals surface area contributed by atoms with Crippen molar-refractivity contribution in [2.45, 2.75) is 44.6 Å². The quantitative estimate of drug-likeness (QED) is 0.860. The highest BCUT2D eigenvalue weighted by molar-refractivity contribution is 5.93. The molecular weight excluding hydrogens is 280 g/mol. The molecule has 0 spiro atoms. The summed E-state index contributed by atoms with van der Waals surface area (Å²) < 4.78 is 5.36. The van der Waals surface area contributed by atoms with Gasteiger partial charge in [-0.15, -0.1) is 0 Å². The molecule has 6 heteroatoms. The summed E-state index contributed by atoms with van der Waals surface area (Å²) in [5, 5.41) is 3.37. The number of anilines is 1. The normalized spacial score (nSPS) is 30.3. The van der Waals surface area contributed by atoms with Gasteiger partial charge in [0.1, 0.15) is 0 Å². The Balaban J connectivity index is 1.53. The summed E-state index contributed by atoms with van der Waals surface area (Å²) >= 11 is 0. The Kier molecular flexibility index (Phi) is 3.29. The van der Waals surface area contributed by atoms with Crippen molar-refractivity contribution in [2.75, 3.05) is 18.5 Å². The molecule has 5 rings (SSSR count). The monoisotopic (exact) mass is 302 g/mol. The minimum Gasteiger partial charge on any atom is -0.381 e. The van der Waals surface area contributed by atoms with Crippen LogP contribution in [-0.4, -0.2) is 35.1 Å². The van der Waals surface area contributed by atoms with Gasteiger partial charge >= 0.3 is 0 Å². The Morgan fingerprint density at radius 2 is 2.09 bits per heavy atom. The van der Waals surface area contributed by atoms with E-state index in [4.69, 9.17) is 10.5 Å². The van der Waals surface area contributed by atoms with Crippen molar-refractivity contribution in [3.63, 3.8) is 0 Å². The summed E-state index contributed by atoms with van der Waals surface area (Å²) in [7, 11) is 0. The lowest BCUT2D eigenvalue weighted by atomic mass is 9.43. The van der Waals surface area contributed by atoms with E-state index in [0.29, 0.717) is 23.0 Å². The molecule has 3 saturated carbocycles. The van der Waals surface area contributed by atoms with Crippen LogP contribution in [0.2, 0.25) is 0 Å². The summed E-state index contributed by atoms with van der Waals surface area (Å²) in [5.74, 6) is 1.09. The van der Waals surface area contributed by atoms with E-state index in [1.54, 1.807) is 6.20 Å². The summed E-state index contributed by atoms with van der Waals surface area (Å²) in [6.07, 6.45) is 8.18. The number of carbonyl (C=O) groups is 1. The first-order valence-electron chi connectivity index (χ1n) is 8.14. The van der Waals surface area contributed by atoms with Gasteiger partial charge in [0.05, 0.1) is 11.3 Å². The minimum atomic E-state index is -0.431. The predicted molar refractivity (Wildman–Crippen MR) is 81.5 cm³/mol. The highest BCUT2D eigenvalue weighted by atomic mass is 16.5. The lowest BCUT2D eigenvalue weighted by Crippen LogP contribution is -2.53. The van der Waals surface area contributed by atoms with Gasteiger partial charge in [-0.1, -0.05) is 0 Å². The summed E-state index contributed by atoms with van der Waals surface area (Å²) in [6.45, 7) is 1.54. The molecular formula is C16H22N4O2. The van der Waals surface area contributed by atoms with E-state index in [-0.39, 0.29) is 0 Å². The fraction of sp³-hybridized carbons (Fsp3) is 0.688. The number of hydrogen-bond donors (Lipinski definition) is 2. The number of ether oxygens (including phenoxy) is 1. The molecule has 4 fully saturated rings. The zero-order valence-corrected chi connectivity index (χ0v) is 12.7. The van der Waals surface area contributed by atoms with Crippen molar-refractivity contribution in [3.8, 4) is 0 Å². The number of aromatic nitrogens is 2. The van der Waals surface area contributed by atoms with Gasteiger partial charge in [-0.25, -0.2) is 9.97 Å². The van der Waals surface area contributed by atoms with Gasteiger partial charge in [-0.05, 0) is 49.9 Å². The zero-order valence-electron chi connectivity index (χ0n) is 12.7. The summed E-state index contributed by atoms with van der Waals surface area (Å²) in [5.41, 5.74) is 7.16. The molecule has 1 saturated heterocycles. The van der Waals surface area contributed by atoms with E-state index in [0.717, 1.165) is 44.1 Å². The average Bonchev–Trinajstić information content (AvgIpc) is 2.42. The largest absolute Gasteiger partial charge is 0.381 e. The smallest absolute Gasteiger partial charge is 0.252 e. The van der Waals surface area contributed by atoms with Crippen molar-refractivity contribution >= 4 is 11.9 Å². The van der Waals surface area contributed by atoms with Crippen LogP contribution < -0.4 is 11.1 Å². The van der Waals surface area contributed by atoms with Gasteiger partial charge in [0, 0.05) is 25.5 Å². The topological polar surface area (TPSA) is 90.1 Å². The minimum absolute atomic E-state index is 0.343. The van der Waals surface area contributed by atoms with Crippen LogP contribution >= 0.6 is 0 Å². The Morgan fingerprint density at radius 1 is 1.36 bits per heavy atom. The molecule has 2 bridgehead atoms. The van der Waals surface area contributed by atoms with Crippen LogP contribution in [0, 0.1) is 11.3 Å². The molecule has 1 aromatic rings. The van der Waals surface area contributed by atoms with Crippen LogP contribution in [0.25, 0.3) is 0 Å². The van der Waals surface area contributed by atoms with E-state index in [9.17, 15) is 4.79 Å². The lowest BCUT2D eigenvalue weighted by molar-refractivity contribution is -0.105. The van der Waals surface area contributed by atoms with E-state index < -0.39 is 5.91 Å². The maximum absolute atomic E-state index is 11.6. The van der Waals surface area contributed by atoms with E-state index in [2.05, 4.69) is 15.3 Å². The third kappa shape index (κ3) is 2.45. The summed E-state index contributed by atoms with van der Waals surface area (Å²) in [6, 6.07) is 0.343. The maximum atomic E-state index is 11.6. The number of primary amides is 1. The number of nitrogens with zero attached hydrogens (tertiary/aromatic N) is 2. The van der Waals surface area contributed by atoms with Gasteiger partial charge in [-0.2, -0.15) is 0 Å². The van der Waals surface area contributed by atoms with Crippen LogP contribution in [-0.2, 0) is 11.2 Å². The second-order valence-corrected chi connectivity index (χ2v) is 7.10. The Hall–Kier alpha value is -1.69. The number of hydrogen-bond acceptors (Lipinski definition) is 5. The van der Waals surface area contributed by atoms with Crippen LogP contribution in [0.3, 0.4) is 0 Å². The molecule has 118 valence electrons. The first-order valence-corrected chi connectivity index (χ1v) is 8.14. The van der Waals surface area contributed by atoms with Crippen LogP contribution in [0.5, 0.6) is 0 Å². The fourth-order valence-electron chi connectivity index (χ4n) is 4.08. The number of amides is 1. The highest BCUT2D eigenvalue weighted by Gasteiger charge is 2.56. The standard InChI is InChI=1S/C16H22N4O2/c17-14(21)12-9-18-15(19-11-1-3-22-4-2-11)20-13(12)8-16-5-10(6-16)7-16/h9-11H,1-8H2,(H2,17,21)(H,18,19,20). The molecule has 4 aliphatic rings. The number of rotatable bonds is 5. The predicted octanol–water partition coefficient (Wildman–Crippen LogP) is 1.51. The molecule has 2 heterocycles. The summed E-state index contributed by atoms with van der Waals surface area (Å²) in [4.78, 5) is 20.5. The van der Waals surface area contributed by atoms with E-state index >= 15 is 0 Å². The zero-order chi connectivity index (χ0) is 15.2. The maximum Gasteiger partial charge on any atom is 0.252 e. The van der Waals surface area contributed by atoms with Gasteiger partial charge in [0.15, 0.2) is 0 Å². The van der Waals surface area contributed by atoms with Crippen molar-refractivity contribution in [1.29, 1.82) is 0 Å².